The van der Waals surface area contributed by atoms with Crippen LogP contribution in [0.25, 0.3) is 0 Å². The number of hydrogen-bond donors (Lipinski definition) is 1. The monoisotopic (exact) mass is 1540 g/mol. The van der Waals surface area contributed by atoms with E-state index in [-0.39, 0.29) is 5.91 Å². The molecule has 0 aliphatic rings. The maximum absolute atomic E-state index is 12.3. The van der Waals surface area contributed by atoms with Crippen LogP contribution in [0, 0.1) is 0 Å². The summed E-state index contributed by atoms with van der Waals surface area (Å²) in [6.07, 6.45) is 30.6. The largest absolute Gasteiger partial charge is 0.380 e. The van der Waals surface area contributed by atoms with E-state index < -0.39 is 0 Å². The lowest BCUT2D eigenvalue weighted by Gasteiger charge is -2.09. The molecule has 28 heteroatoms. The van der Waals surface area contributed by atoms with Gasteiger partial charge < -0.3 is 119 Å². The molecule has 0 rings (SSSR count). The van der Waals surface area contributed by atoms with Crippen LogP contribution in [0.4, 0.5) is 0 Å². The highest BCUT2D eigenvalue weighted by molar-refractivity contribution is 6.17. The SMILES string of the molecule is CCCCCCCC/C=C\CCCCCCCCCCCC(=O)CCCCOCCOCCOCCOCCOCCOCCOCCOCCOCCOCCOCCOCCOCCOCCOCCOCCOCCOCCOCCOCCOCCOCCOCCNC(=O)CCOCCCl. The van der Waals surface area contributed by atoms with Crippen molar-refractivity contribution in [2.24, 2.45) is 0 Å². The number of ether oxygens (including phenoxy) is 24. The van der Waals surface area contributed by atoms with Crippen molar-refractivity contribution in [3.63, 3.8) is 0 Å². The zero-order valence-electron chi connectivity index (χ0n) is 65.6. The molecular weight excluding hydrogens is 1390 g/mol. The summed E-state index contributed by atoms with van der Waals surface area (Å²) in [6, 6.07) is 0. The highest BCUT2D eigenvalue weighted by Gasteiger charge is 2.06. The predicted molar refractivity (Wildman–Crippen MR) is 405 cm³/mol. The molecule has 27 nitrogen and oxygen atoms in total. The molecule has 0 aliphatic heterocycles. The molecule has 0 unspecified atom stereocenters. The summed E-state index contributed by atoms with van der Waals surface area (Å²) in [4.78, 5) is 23.9. The molecule has 105 heavy (non-hydrogen) atoms. The molecule has 0 heterocycles. The van der Waals surface area contributed by atoms with Crippen molar-refractivity contribution in [1.82, 2.24) is 5.32 Å². The molecule has 0 radical (unpaired) electrons. The molecule has 1 amide bonds. The second kappa shape index (κ2) is 98.3. The zero-order valence-corrected chi connectivity index (χ0v) is 66.3. The van der Waals surface area contributed by atoms with Gasteiger partial charge in [0.1, 0.15) is 5.78 Å². The third-order valence-corrected chi connectivity index (χ3v) is 15.3. The van der Waals surface area contributed by atoms with E-state index in [1.165, 1.54) is 103 Å². The van der Waals surface area contributed by atoms with E-state index in [4.69, 9.17) is 125 Å². The highest BCUT2D eigenvalue weighted by atomic mass is 35.5. The first-order valence-electron chi connectivity index (χ1n) is 40.1. The number of rotatable bonds is 98. The van der Waals surface area contributed by atoms with Gasteiger partial charge in [-0.1, -0.05) is 96.1 Å². The van der Waals surface area contributed by atoms with E-state index in [1.54, 1.807) is 0 Å². The minimum absolute atomic E-state index is 0.0767. The Morgan fingerprint density at radius 3 is 0.667 bits per heavy atom. The van der Waals surface area contributed by atoms with Gasteiger partial charge in [0.2, 0.25) is 5.91 Å². The van der Waals surface area contributed by atoms with Gasteiger partial charge in [0.25, 0.3) is 0 Å². The Balaban J connectivity index is 3.13. The lowest BCUT2D eigenvalue weighted by Crippen LogP contribution is -2.28. The third-order valence-electron chi connectivity index (χ3n) is 15.2. The quantitative estimate of drug-likeness (QED) is 0.0337. The van der Waals surface area contributed by atoms with Gasteiger partial charge in [0.15, 0.2) is 0 Å². The Labute approximate surface area is 639 Å². The van der Waals surface area contributed by atoms with E-state index in [2.05, 4.69) is 24.4 Å². The molecule has 1 N–H and O–H groups in total. The van der Waals surface area contributed by atoms with Crippen LogP contribution in [0.1, 0.15) is 148 Å². The number of carbonyl (C=O) groups is 2. The number of hydrogen-bond acceptors (Lipinski definition) is 26. The standard InChI is InChI=1S/C77H150ClNO26/c1-2-3-4-5-6-7-8-9-10-11-12-13-14-15-16-17-18-19-20-23-76(80)24-21-22-28-82-32-34-85-36-38-87-40-42-89-44-46-91-48-50-93-52-54-95-56-58-97-60-62-99-64-66-101-68-70-103-72-74-105-75-73-104-71-69-102-67-65-100-63-61-98-59-57-96-55-53-94-51-49-92-47-45-90-43-41-88-39-37-86-35-33-84-31-27-79-77(81)25-29-83-30-26-78/h9-10H,2-8,11-75H2,1H3,(H,79,81)/b10-9-. The Hall–Kier alpha value is -1.79. The van der Waals surface area contributed by atoms with Crippen molar-refractivity contribution in [2.75, 3.05) is 330 Å². The van der Waals surface area contributed by atoms with Crippen molar-refractivity contribution in [3.05, 3.63) is 12.2 Å². The maximum Gasteiger partial charge on any atom is 0.222 e. The van der Waals surface area contributed by atoms with E-state index in [1.807, 2.05) is 0 Å². The summed E-state index contributed by atoms with van der Waals surface area (Å²) >= 11 is 5.52. The van der Waals surface area contributed by atoms with Crippen LogP contribution in [-0.4, -0.2) is 341 Å². The minimum atomic E-state index is -0.0767. The first-order valence-corrected chi connectivity index (χ1v) is 40.6. The fraction of sp³-hybridized carbons (Fsp3) is 0.948. The van der Waals surface area contributed by atoms with Crippen molar-refractivity contribution in [2.45, 2.75) is 148 Å². The summed E-state index contributed by atoms with van der Waals surface area (Å²) in [5, 5.41) is 2.76. The lowest BCUT2D eigenvalue weighted by molar-refractivity contribution is -0.122. The number of Topliss-reactive ketones (excluding diaryl/α,β-unsaturated/α-hetero) is 1. The number of nitrogens with one attached hydrogen (secondary N) is 1. The smallest absolute Gasteiger partial charge is 0.222 e. The van der Waals surface area contributed by atoms with Crippen molar-refractivity contribution in [3.8, 4) is 0 Å². The van der Waals surface area contributed by atoms with Gasteiger partial charge in [-0.25, -0.2) is 0 Å². The number of alkyl halides is 1. The Morgan fingerprint density at radius 1 is 0.219 bits per heavy atom. The van der Waals surface area contributed by atoms with Gasteiger partial charge in [-0.3, -0.25) is 9.59 Å². The summed E-state index contributed by atoms with van der Waals surface area (Å²) in [6.45, 7) is 25.9. The fourth-order valence-corrected chi connectivity index (χ4v) is 9.47. The van der Waals surface area contributed by atoms with Gasteiger partial charge in [-0.15, -0.1) is 11.6 Å². The number of halogens is 1. The number of carbonyl (C=O) groups excluding carboxylic acids is 2. The first kappa shape index (κ1) is 103. The summed E-state index contributed by atoms with van der Waals surface area (Å²) < 4.78 is 133. The Morgan fingerprint density at radius 2 is 0.419 bits per heavy atom. The second-order valence-corrected chi connectivity index (χ2v) is 24.6. The molecule has 0 fully saturated rings. The van der Waals surface area contributed by atoms with Crippen LogP contribution in [0.5, 0.6) is 0 Å². The molecule has 0 aliphatic carbocycles. The van der Waals surface area contributed by atoms with Gasteiger partial charge in [0.05, 0.1) is 311 Å². The molecule has 0 saturated carbocycles. The fourth-order valence-electron chi connectivity index (χ4n) is 9.36. The highest BCUT2D eigenvalue weighted by Crippen LogP contribution is 2.14. The first-order chi connectivity index (χ1) is 52.2. The molecule has 0 aromatic rings. The molecule has 0 spiro atoms. The maximum atomic E-state index is 12.3. The van der Waals surface area contributed by atoms with Gasteiger partial charge >= 0.3 is 0 Å². The van der Waals surface area contributed by atoms with E-state index >= 15 is 0 Å². The van der Waals surface area contributed by atoms with Crippen molar-refractivity contribution < 1.29 is 123 Å². The molecule has 0 atom stereocenters. The summed E-state index contributed by atoms with van der Waals surface area (Å²) in [7, 11) is 0. The molecule has 0 saturated heterocycles. The number of amides is 1. The molecule has 0 bridgehead atoms. The van der Waals surface area contributed by atoms with Gasteiger partial charge in [0, 0.05) is 38.3 Å². The summed E-state index contributed by atoms with van der Waals surface area (Å²) in [5.74, 6) is 0.737. The minimum Gasteiger partial charge on any atom is -0.380 e. The normalized spacial score (nSPS) is 11.8. The van der Waals surface area contributed by atoms with Crippen LogP contribution in [-0.2, 0) is 123 Å². The number of allylic oxidation sites excluding steroid dienone is 2. The van der Waals surface area contributed by atoms with Crippen LogP contribution in [0.2, 0.25) is 0 Å². The topological polar surface area (TPSA) is 268 Å². The number of unbranched alkanes of at least 4 members (excludes halogenated alkanes) is 16. The van der Waals surface area contributed by atoms with Crippen LogP contribution >= 0.6 is 11.6 Å². The van der Waals surface area contributed by atoms with Crippen molar-refractivity contribution in [1.29, 1.82) is 0 Å². The lowest BCUT2D eigenvalue weighted by atomic mass is 10.0. The average molecular weight is 1540 g/mol. The summed E-state index contributed by atoms with van der Waals surface area (Å²) in [5.41, 5.74) is 0. The van der Waals surface area contributed by atoms with Crippen LogP contribution < -0.4 is 5.32 Å². The average Bonchev–Trinajstić information content (AvgIpc) is 3.44. The van der Waals surface area contributed by atoms with E-state index in [0.29, 0.717) is 348 Å². The second-order valence-electron chi connectivity index (χ2n) is 24.2. The Bertz CT molecular complexity index is 1650. The van der Waals surface area contributed by atoms with Crippen LogP contribution in [0.15, 0.2) is 12.2 Å². The van der Waals surface area contributed by atoms with Crippen molar-refractivity contribution >= 4 is 23.3 Å². The zero-order chi connectivity index (χ0) is 75.2. The Kier molecular flexibility index (Phi) is 96.6. The molecule has 626 valence electrons. The van der Waals surface area contributed by atoms with Crippen LogP contribution in [0.3, 0.4) is 0 Å². The molecule has 0 aromatic carbocycles. The molecule has 0 aromatic heterocycles. The predicted octanol–water partition coefficient (Wildman–Crippen LogP) is 9.47. The number of ketones is 1. The van der Waals surface area contributed by atoms with Gasteiger partial charge in [-0.2, -0.15) is 0 Å². The molecular formula is C77H150ClNO26. The van der Waals surface area contributed by atoms with Gasteiger partial charge in [-0.05, 0) is 44.9 Å². The van der Waals surface area contributed by atoms with E-state index in [9.17, 15) is 9.59 Å². The van der Waals surface area contributed by atoms with E-state index in [0.717, 1.165) is 25.7 Å². The third kappa shape index (κ3) is 98.2.